The molecule has 0 saturated carbocycles. The average Bonchev–Trinajstić information content (AvgIpc) is 2.18. The van der Waals surface area contributed by atoms with Crippen molar-refractivity contribution in [2.75, 3.05) is 0 Å². The molecule has 0 bridgehead atoms. The van der Waals surface area contributed by atoms with Gasteiger partial charge in [0.1, 0.15) is 11.9 Å². The Hall–Kier alpha value is -1.77. The molecule has 1 aromatic carbocycles. The Kier molecular flexibility index (Phi) is 3.50. The van der Waals surface area contributed by atoms with Gasteiger partial charge in [0.15, 0.2) is 0 Å². The number of benzene rings is 1. The Labute approximate surface area is 89.0 Å². The maximum absolute atomic E-state index is 11.2. The van der Waals surface area contributed by atoms with Crippen molar-refractivity contribution in [1.82, 2.24) is 0 Å². The van der Waals surface area contributed by atoms with E-state index in [0.717, 1.165) is 0 Å². The van der Waals surface area contributed by atoms with Gasteiger partial charge in [-0.1, -0.05) is 24.8 Å². The molecule has 1 rings (SSSR count). The minimum atomic E-state index is -0.476. The number of esters is 1. The molecule has 1 aromatic rings. The van der Waals surface area contributed by atoms with Gasteiger partial charge < -0.3 is 9.84 Å². The molecule has 1 unspecified atom stereocenters. The van der Waals surface area contributed by atoms with Crippen LogP contribution in [0.4, 0.5) is 0 Å². The molecule has 0 aliphatic heterocycles. The van der Waals surface area contributed by atoms with Crippen molar-refractivity contribution in [2.24, 2.45) is 0 Å². The quantitative estimate of drug-likeness (QED) is 0.610. The third kappa shape index (κ3) is 2.84. The van der Waals surface area contributed by atoms with Crippen LogP contribution >= 0.6 is 0 Å². The summed E-state index contributed by atoms with van der Waals surface area (Å²) in [5, 5.41) is 9.52. The first-order valence-electron chi connectivity index (χ1n) is 4.66. The number of ether oxygens (including phenoxy) is 1. The predicted molar refractivity (Wildman–Crippen MR) is 57.4 cm³/mol. The molecule has 0 amide bonds. The minimum absolute atomic E-state index is 0.125. The predicted octanol–water partition coefficient (Wildman–Crippen LogP) is 2.57. The van der Waals surface area contributed by atoms with Gasteiger partial charge in [0.25, 0.3) is 0 Å². The first-order valence-corrected chi connectivity index (χ1v) is 4.66. The highest BCUT2D eigenvalue weighted by molar-refractivity contribution is 5.87. The number of hydrogen-bond acceptors (Lipinski definition) is 3. The van der Waals surface area contributed by atoms with Crippen molar-refractivity contribution in [3.05, 3.63) is 42.0 Å². The number of hydrogen-bond donors (Lipinski definition) is 1. The second-order valence-electron chi connectivity index (χ2n) is 3.39. The Morgan fingerprint density at radius 2 is 2.07 bits per heavy atom. The molecule has 1 atom stereocenters. The molecule has 0 aliphatic rings. The average molecular weight is 206 g/mol. The van der Waals surface area contributed by atoms with E-state index in [0.29, 0.717) is 11.1 Å². The third-order valence-electron chi connectivity index (χ3n) is 2.01. The molecule has 0 aromatic heterocycles. The lowest BCUT2D eigenvalue weighted by Crippen LogP contribution is -2.09. The van der Waals surface area contributed by atoms with E-state index in [1.165, 1.54) is 0 Å². The molecule has 0 aliphatic carbocycles. The van der Waals surface area contributed by atoms with Crippen LogP contribution in [0.15, 0.2) is 36.4 Å². The van der Waals surface area contributed by atoms with Crippen LogP contribution in [0, 0.1) is 0 Å². The Morgan fingerprint density at radius 1 is 1.47 bits per heavy atom. The zero-order chi connectivity index (χ0) is 11.4. The van der Waals surface area contributed by atoms with Gasteiger partial charge in [-0.05, 0) is 19.9 Å². The SMILES string of the molecule is C=C(C)C(=O)OC(C)c1ccccc1O. The smallest absolute Gasteiger partial charge is 0.333 e. The molecule has 0 heterocycles. The molecule has 1 N–H and O–H groups in total. The van der Waals surface area contributed by atoms with Crippen LogP contribution in [0.25, 0.3) is 0 Å². The van der Waals surface area contributed by atoms with Gasteiger partial charge in [0, 0.05) is 11.1 Å². The van der Waals surface area contributed by atoms with Crippen molar-refractivity contribution >= 4 is 5.97 Å². The molecule has 0 saturated heterocycles. The summed E-state index contributed by atoms with van der Waals surface area (Å²) >= 11 is 0. The number of carbonyl (C=O) groups excluding carboxylic acids is 1. The third-order valence-corrected chi connectivity index (χ3v) is 2.01. The second-order valence-corrected chi connectivity index (χ2v) is 3.39. The lowest BCUT2D eigenvalue weighted by molar-refractivity contribution is -0.143. The van der Waals surface area contributed by atoms with Crippen LogP contribution in [-0.4, -0.2) is 11.1 Å². The van der Waals surface area contributed by atoms with Crippen molar-refractivity contribution < 1.29 is 14.6 Å². The highest BCUT2D eigenvalue weighted by Gasteiger charge is 2.14. The summed E-state index contributed by atoms with van der Waals surface area (Å²) in [4.78, 5) is 11.2. The number of para-hydroxylation sites is 1. The number of phenolic OH excluding ortho intramolecular Hbond substituents is 1. The fraction of sp³-hybridized carbons (Fsp3) is 0.250. The van der Waals surface area contributed by atoms with Crippen LogP contribution in [-0.2, 0) is 9.53 Å². The lowest BCUT2D eigenvalue weighted by atomic mass is 10.1. The van der Waals surface area contributed by atoms with Gasteiger partial charge in [0.2, 0.25) is 0 Å². The molecule has 3 nitrogen and oxygen atoms in total. The summed E-state index contributed by atoms with van der Waals surface area (Å²) in [7, 11) is 0. The van der Waals surface area contributed by atoms with E-state index in [-0.39, 0.29) is 5.75 Å². The van der Waals surface area contributed by atoms with Crippen molar-refractivity contribution in [2.45, 2.75) is 20.0 Å². The van der Waals surface area contributed by atoms with E-state index in [4.69, 9.17) is 4.74 Å². The van der Waals surface area contributed by atoms with Gasteiger partial charge in [-0.3, -0.25) is 0 Å². The number of rotatable bonds is 3. The van der Waals surface area contributed by atoms with Crippen LogP contribution in [0.5, 0.6) is 5.75 Å². The highest BCUT2D eigenvalue weighted by Crippen LogP contribution is 2.26. The largest absolute Gasteiger partial charge is 0.508 e. The van der Waals surface area contributed by atoms with E-state index in [1.54, 1.807) is 38.1 Å². The maximum Gasteiger partial charge on any atom is 0.333 e. The van der Waals surface area contributed by atoms with Crippen molar-refractivity contribution in [1.29, 1.82) is 0 Å². The number of aromatic hydroxyl groups is 1. The standard InChI is InChI=1S/C12H14O3/c1-8(2)12(14)15-9(3)10-6-4-5-7-11(10)13/h4-7,9,13H,1H2,2-3H3. The summed E-state index contributed by atoms with van der Waals surface area (Å²) in [6, 6.07) is 6.76. The summed E-state index contributed by atoms with van der Waals surface area (Å²) < 4.78 is 5.08. The maximum atomic E-state index is 11.2. The monoisotopic (exact) mass is 206 g/mol. The molecule has 80 valence electrons. The molecule has 0 radical (unpaired) electrons. The van der Waals surface area contributed by atoms with Gasteiger partial charge in [0.05, 0.1) is 0 Å². The van der Waals surface area contributed by atoms with Crippen LogP contribution in [0.3, 0.4) is 0 Å². The van der Waals surface area contributed by atoms with Gasteiger partial charge in [-0.15, -0.1) is 0 Å². The Balaban J connectivity index is 2.78. The number of carbonyl (C=O) groups is 1. The normalized spacial score (nSPS) is 11.9. The fourth-order valence-corrected chi connectivity index (χ4v) is 1.16. The van der Waals surface area contributed by atoms with E-state index in [9.17, 15) is 9.90 Å². The summed E-state index contributed by atoms with van der Waals surface area (Å²) in [6.45, 7) is 6.77. The van der Waals surface area contributed by atoms with Crippen LogP contribution in [0.2, 0.25) is 0 Å². The molecule has 0 fully saturated rings. The Morgan fingerprint density at radius 3 is 2.60 bits per heavy atom. The molecule has 3 heteroatoms. The van der Waals surface area contributed by atoms with E-state index >= 15 is 0 Å². The molecular formula is C12H14O3. The number of phenols is 1. The molecule has 15 heavy (non-hydrogen) atoms. The second kappa shape index (κ2) is 4.64. The highest BCUT2D eigenvalue weighted by atomic mass is 16.5. The van der Waals surface area contributed by atoms with Crippen molar-refractivity contribution in [3.63, 3.8) is 0 Å². The van der Waals surface area contributed by atoms with Gasteiger partial charge >= 0.3 is 5.97 Å². The van der Waals surface area contributed by atoms with E-state index in [2.05, 4.69) is 6.58 Å². The first kappa shape index (κ1) is 11.3. The van der Waals surface area contributed by atoms with E-state index in [1.807, 2.05) is 0 Å². The van der Waals surface area contributed by atoms with Gasteiger partial charge in [-0.25, -0.2) is 4.79 Å². The zero-order valence-electron chi connectivity index (χ0n) is 8.86. The Bertz CT molecular complexity index is 382. The minimum Gasteiger partial charge on any atom is -0.508 e. The molecule has 0 spiro atoms. The molecular weight excluding hydrogens is 192 g/mol. The van der Waals surface area contributed by atoms with Crippen LogP contribution < -0.4 is 0 Å². The van der Waals surface area contributed by atoms with Crippen LogP contribution in [0.1, 0.15) is 25.5 Å². The zero-order valence-corrected chi connectivity index (χ0v) is 8.86. The van der Waals surface area contributed by atoms with E-state index < -0.39 is 12.1 Å². The lowest BCUT2D eigenvalue weighted by Gasteiger charge is -2.14. The van der Waals surface area contributed by atoms with Gasteiger partial charge in [-0.2, -0.15) is 0 Å². The van der Waals surface area contributed by atoms with Crippen molar-refractivity contribution in [3.8, 4) is 5.75 Å². The fourth-order valence-electron chi connectivity index (χ4n) is 1.16. The summed E-state index contributed by atoms with van der Waals surface area (Å²) in [6.07, 6.45) is -0.476. The topological polar surface area (TPSA) is 46.5 Å². The summed E-state index contributed by atoms with van der Waals surface area (Å²) in [5.74, 6) is -0.328. The summed E-state index contributed by atoms with van der Waals surface area (Å²) in [5.41, 5.74) is 0.935. The first-order chi connectivity index (χ1) is 7.02.